The topological polar surface area (TPSA) is 41.6 Å². The zero-order valence-corrected chi connectivity index (χ0v) is 15.0. The van der Waals surface area contributed by atoms with E-state index in [1.165, 1.54) is 30.3 Å². The first kappa shape index (κ1) is 18.6. The van der Waals surface area contributed by atoms with Gasteiger partial charge in [0.2, 0.25) is 0 Å². The van der Waals surface area contributed by atoms with E-state index in [2.05, 4.69) is 10.2 Å². The molecule has 0 aromatic heterocycles. The largest absolute Gasteiger partial charge is 0.448 e. The molecule has 0 aliphatic carbocycles. The first-order valence-corrected chi connectivity index (χ1v) is 8.71. The molecule has 1 heterocycles. The van der Waals surface area contributed by atoms with Gasteiger partial charge in [0.05, 0.1) is 10.7 Å². The van der Waals surface area contributed by atoms with Crippen LogP contribution in [0.25, 0.3) is 11.1 Å². The highest BCUT2D eigenvalue weighted by Crippen LogP contribution is 2.31. The molecule has 0 radical (unpaired) electrons. The number of nitrogens with zero attached hydrogens (tertiary/aromatic N) is 1. The lowest BCUT2D eigenvalue weighted by molar-refractivity contribution is 0.127. The minimum atomic E-state index is -0.632. The summed E-state index contributed by atoms with van der Waals surface area (Å²) < 4.78 is 32.7. The van der Waals surface area contributed by atoms with Gasteiger partial charge in [-0.05, 0) is 62.3 Å². The maximum Gasteiger partial charge on any atom is 0.411 e. The monoisotopic (exact) mass is 380 g/mol. The molecule has 1 aliphatic heterocycles. The van der Waals surface area contributed by atoms with Gasteiger partial charge in [-0.2, -0.15) is 0 Å². The summed E-state index contributed by atoms with van der Waals surface area (Å²) in [5, 5.41) is 2.58. The van der Waals surface area contributed by atoms with Gasteiger partial charge in [-0.15, -0.1) is 0 Å². The zero-order chi connectivity index (χ0) is 18.7. The number of rotatable bonds is 4. The Morgan fingerprint density at radius 2 is 2.12 bits per heavy atom. The van der Waals surface area contributed by atoms with Crippen LogP contribution in [0.15, 0.2) is 36.4 Å². The number of likely N-dealkylation sites (N-methyl/N-ethyl adjacent to an activating group) is 1. The fraction of sp³-hybridized carbons (Fsp3) is 0.316. The van der Waals surface area contributed by atoms with Crippen LogP contribution in [0.4, 0.5) is 19.3 Å². The third kappa shape index (κ3) is 4.31. The van der Waals surface area contributed by atoms with Crippen molar-refractivity contribution in [3.8, 4) is 11.1 Å². The summed E-state index contributed by atoms with van der Waals surface area (Å²) in [5.41, 5.74) is 1.07. The number of benzene rings is 2. The Kier molecular flexibility index (Phi) is 5.74. The van der Waals surface area contributed by atoms with Gasteiger partial charge in [0.15, 0.2) is 0 Å². The van der Waals surface area contributed by atoms with E-state index in [-0.39, 0.29) is 17.7 Å². The van der Waals surface area contributed by atoms with Crippen molar-refractivity contribution in [3.05, 3.63) is 53.1 Å². The van der Waals surface area contributed by atoms with E-state index in [4.69, 9.17) is 16.3 Å². The van der Waals surface area contributed by atoms with E-state index >= 15 is 0 Å². The first-order valence-electron chi connectivity index (χ1n) is 8.33. The second-order valence-electron chi connectivity index (χ2n) is 6.32. The number of carbonyl (C=O) groups is 1. The number of ether oxygens (including phenoxy) is 1. The van der Waals surface area contributed by atoms with Crippen LogP contribution in [-0.2, 0) is 4.74 Å². The predicted octanol–water partition coefficient (Wildman–Crippen LogP) is 4.93. The third-order valence-electron chi connectivity index (χ3n) is 4.53. The summed E-state index contributed by atoms with van der Waals surface area (Å²) in [6.07, 6.45) is 1.43. The number of halogens is 3. The van der Waals surface area contributed by atoms with Crippen LogP contribution >= 0.6 is 11.6 Å². The summed E-state index contributed by atoms with van der Waals surface area (Å²) in [5.74, 6) is -1.12. The van der Waals surface area contributed by atoms with Gasteiger partial charge in [-0.25, -0.2) is 13.6 Å². The molecule has 3 rings (SSSR count). The number of hydrogen-bond acceptors (Lipinski definition) is 3. The molecular formula is C19H19ClF2N2O2. The Hall–Kier alpha value is -2.18. The molecule has 0 spiro atoms. The highest BCUT2D eigenvalue weighted by Gasteiger charge is 2.22. The van der Waals surface area contributed by atoms with Crippen LogP contribution in [0.5, 0.6) is 0 Å². The van der Waals surface area contributed by atoms with Crippen LogP contribution in [0.1, 0.15) is 12.8 Å². The van der Waals surface area contributed by atoms with Crippen LogP contribution in [0, 0.1) is 11.6 Å². The maximum absolute atomic E-state index is 13.7. The van der Waals surface area contributed by atoms with E-state index < -0.39 is 17.7 Å². The average molecular weight is 381 g/mol. The van der Waals surface area contributed by atoms with Crippen LogP contribution in [0.3, 0.4) is 0 Å². The molecule has 7 heteroatoms. The van der Waals surface area contributed by atoms with Crippen molar-refractivity contribution < 1.29 is 18.3 Å². The Bertz CT molecular complexity index is 816. The molecule has 2 aromatic carbocycles. The van der Waals surface area contributed by atoms with Crippen LogP contribution in [-0.4, -0.2) is 37.2 Å². The summed E-state index contributed by atoms with van der Waals surface area (Å²) in [6.45, 7) is 1.27. The molecule has 1 fully saturated rings. The van der Waals surface area contributed by atoms with Gasteiger partial charge in [0, 0.05) is 11.6 Å². The van der Waals surface area contributed by atoms with Crippen molar-refractivity contribution in [2.75, 3.05) is 25.5 Å². The maximum atomic E-state index is 13.7. The number of hydrogen-bond donors (Lipinski definition) is 1. The normalized spacial score (nSPS) is 17.3. The van der Waals surface area contributed by atoms with Crippen molar-refractivity contribution in [1.82, 2.24) is 4.90 Å². The minimum Gasteiger partial charge on any atom is -0.448 e. The van der Waals surface area contributed by atoms with E-state index in [1.807, 2.05) is 7.05 Å². The second kappa shape index (κ2) is 8.01. The Balaban J connectivity index is 1.75. The van der Waals surface area contributed by atoms with Crippen LogP contribution in [0.2, 0.25) is 5.02 Å². The molecule has 1 aliphatic rings. The standard InChI is InChI=1S/C19H19ClF2N2O2/c1-24-8-2-3-14(24)11-26-19(25)23-18-7-5-13(21)10-15(18)12-4-6-16(20)17(22)9-12/h4-7,9-10,14H,2-3,8,11H2,1H3,(H,23,25)/t14-/m0/s1. The van der Waals surface area contributed by atoms with Crippen molar-refractivity contribution in [1.29, 1.82) is 0 Å². The lowest BCUT2D eigenvalue weighted by Gasteiger charge is -2.19. The molecule has 1 saturated heterocycles. The molecule has 0 saturated carbocycles. The van der Waals surface area contributed by atoms with Gasteiger partial charge in [0.25, 0.3) is 0 Å². The summed E-state index contributed by atoms with van der Waals surface area (Å²) in [6, 6.07) is 8.21. The zero-order valence-electron chi connectivity index (χ0n) is 14.3. The highest BCUT2D eigenvalue weighted by molar-refractivity contribution is 6.30. The molecule has 138 valence electrons. The van der Waals surface area contributed by atoms with Crippen molar-refractivity contribution in [3.63, 3.8) is 0 Å². The molecule has 2 aromatic rings. The lowest BCUT2D eigenvalue weighted by atomic mass is 10.0. The molecule has 1 N–H and O–H groups in total. The van der Waals surface area contributed by atoms with E-state index in [1.54, 1.807) is 6.07 Å². The summed E-state index contributed by atoms with van der Waals surface area (Å²) >= 11 is 5.70. The number of amides is 1. The molecule has 4 nitrogen and oxygen atoms in total. The third-order valence-corrected chi connectivity index (χ3v) is 4.83. The molecule has 0 bridgehead atoms. The van der Waals surface area contributed by atoms with E-state index in [9.17, 15) is 13.6 Å². The molecule has 0 unspecified atom stereocenters. The Morgan fingerprint density at radius 3 is 2.81 bits per heavy atom. The predicted molar refractivity (Wildman–Crippen MR) is 97.4 cm³/mol. The molecule has 26 heavy (non-hydrogen) atoms. The SMILES string of the molecule is CN1CCC[C@H]1COC(=O)Nc1ccc(F)cc1-c1ccc(Cl)c(F)c1. The van der Waals surface area contributed by atoms with E-state index in [0.29, 0.717) is 16.8 Å². The van der Waals surface area contributed by atoms with Crippen molar-refractivity contribution in [2.45, 2.75) is 18.9 Å². The summed E-state index contributed by atoms with van der Waals surface area (Å²) in [7, 11) is 1.99. The Labute approximate surface area is 155 Å². The van der Waals surface area contributed by atoms with Crippen molar-refractivity contribution >= 4 is 23.4 Å². The van der Waals surface area contributed by atoms with Gasteiger partial charge in [-0.1, -0.05) is 17.7 Å². The lowest BCUT2D eigenvalue weighted by Crippen LogP contribution is -2.31. The fourth-order valence-electron chi connectivity index (χ4n) is 3.04. The number of anilines is 1. The van der Waals surface area contributed by atoms with Gasteiger partial charge < -0.3 is 9.64 Å². The Morgan fingerprint density at radius 1 is 1.31 bits per heavy atom. The first-order chi connectivity index (χ1) is 12.4. The quantitative estimate of drug-likeness (QED) is 0.817. The van der Waals surface area contributed by atoms with E-state index in [0.717, 1.165) is 19.4 Å². The van der Waals surface area contributed by atoms with Gasteiger partial charge >= 0.3 is 6.09 Å². The molecule has 1 atom stereocenters. The van der Waals surface area contributed by atoms with Gasteiger partial charge in [0.1, 0.15) is 18.2 Å². The number of carbonyl (C=O) groups excluding carboxylic acids is 1. The summed E-state index contributed by atoms with van der Waals surface area (Å²) in [4.78, 5) is 14.3. The minimum absolute atomic E-state index is 0.0280. The smallest absolute Gasteiger partial charge is 0.411 e. The highest BCUT2D eigenvalue weighted by atomic mass is 35.5. The average Bonchev–Trinajstić information content (AvgIpc) is 3.02. The van der Waals surface area contributed by atoms with Crippen LogP contribution < -0.4 is 5.32 Å². The fourth-order valence-corrected chi connectivity index (χ4v) is 3.15. The number of likely N-dealkylation sites (tertiary alicyclic amines) is 1. The number of nitrogens with one attached hydrogen (secondary N) is 1. The molecule has 1 amide bonds. The second-order valence-corrected chi connectivity index (χ2v) is 6.73. The van der Waals surface area contributed by atoms with Gasteiger partial charge in [-0.3, -0.25) is 5.32 Å². The van der Waals surface area contributed by atoms with Crippen molar-refractivity contribution in [2.24, 2.45) is 0 Å². The molecular weight excluding hydrogens is 362 g/mol.